The lowest BCUT2D eigenvalue weighted by Gasteiger charge is -2.09. The van der Waals surface area contributed by atoms with Crippen molar-refractivity contribution in [2.24, 2.45) is 0 Å². The molecule has 0 amide bonds. The highest BCUT2D eigenvalue weighted by Gasteiger charge is 2.16. The Labute approximate surface area is 119 Å². The van der Waals surface area contributed by atoms with E-state index in [0.29, 0.717) is 10.9 Å². The Morgan fingerprint density at radius 3 is 2.86 bits per heavy atom. The van der Waals surface area contributed by atoms with Gasteiger partial charge >= 0.3 is 5.97 Å². The summed E-state index contributed by atoms with van der Waals surface area (Å²) in [7, 11) is 1.34. The number of fused-ring (bicyclic) bond motifs is 1. The van der Waals surface area contributed by atoms with Crippen LogP contribution < -0.4 is 4.74 Å². The molecule has 1 N–H and O–H groups in total. The molecular weight excluding hydrogens is 275 g/mol. The number of methoxy groups -OCH3 is 1. The Balaban J connectivity index is 2.28. The highest BCUT2D eigenvalue weighted by Crippen LogP contribution is 2.27. The maximum atomic E-state index is 14.3. The first-order chi connectivity index (χ1) is 10.1. The average molecular weight is 286 g/mol. The van der Waals surface area contributed by atoms with Gasteiger partial charge in [-0.1, -0.05) is 6.07 Å². The molecule has 0 saturated heterocycles. The van der Waals surface area contributed by atoms with Crippen LogP contribution in [-0.2, 0) is 0 Å². The molecule has 0 radical (unpaired) electrons. The minimum atomic E-state index is -1.02. The first-order valence-electron chi connectivity index (χ1n) is 6.15. The Morgan fingerprint density at radius 2 is 2.14 bits per heavy atom. The molecule has 0 fully saturated rings. The van der Waals surface area contributed by atoms with Crippen LogP contribution in [0.25, 0.3) is 16.6 Å². The van der Waals surface area contributed by atoms with Crippen LogP contribution in [-0.4, -0.2) is 27.7 Å². The van der Waals surface area contributed by atoms with Crippen LogP contribution in [0, 0.1) is 5.82 Å². The van der Waals surface area contributed by atoms with E-state index in [0.717, 1.165) is 0 Å². The molecule has 0 spiro atoms. The van der Waals surface area contributed by atoms with E-state index in [4.69, 9.17) is 4.74 Å². The molecule has 2 aromatic heterocycles. The van der Waals surface area contributed by atoms with Gasteiger partial charge in [0.2, 0.25) is 5.82 Å². The summed E-state index contributed by atoms with van der Waals surface area (Å²) in [5, 5.41) is 9.73. The van der Waals surface area contributed by atoms with Crippen LogP contribution in [0.2, 0.25) is 0 Å². The van der Waals surface area contributed by atoms with Gasteiger partial charge in [0.1, 0.15) is 0 Å². The minimum Gasteiger partial charge on any atom is -0.479 e. The monoisotopic (exact) mass is 286 g/mol. The molecule has 0 unspecified atom stereocenters. The number of aromatic nitrogens is 2. The largest absolute Gasteiger partial charge is 0.479 e. The van der Waals surface area contributed by atoms with Crippen molar-refractivity contribution in [3.8, 4) is 11.6 Å². The van der Waals surface area contributed by atoms with Crippen molar-refractivity contribution in [3.63, 3.8) is 0 Å². The Bertz CT molecular complexity index is 842. The smallest absolute Gasteiger partial charge is 0.336 e. The zero-order valence-corrected chi connectivity index (χ0v) is 11.1. The van der Waals surface area contributed by atoms with Crippen molar-refractivity contribution in [1.29, 1.82) is 0 Å². The minimum absolute atomic E-state index is 0.108. The third-order valence-corrected chi connectivity index (χ3v) is 3.25. The number of carboxylic acids is 1. The molecule has 6 heteroatoms. The van der Waals surface area contributed by atoms with E-state index in [-0.39, 0.29) is 17.1 Å². The van der Waals surface area contributed by atoms with E-state index in [2.05, 4.69) is 4.98 Å². The van der Waals surface area contributed by atoms with Crippen LogP contribution in [0.5, 0.6) is 5.88 Å². The second-order valence-electron chi connectivity index (χ2n) is 4.38. The van der Waals surface area contributed by atoms with Crippen LogP contribution in [0.15, 0.2) is 42.7 Å². The van der Waals surface area contributed by atoms with Crippen LogP contribution in [0.1, 0.15) is 10.4 Å². The van der Waals surface area contributed by atoms with Gasteiger partial charge in [-0.25, -0.2) is 9.78 Å². The fourth-order valence-corrected chi connectivity index (χ4v) is 2.31. The Morgan fingerprint density at radius 1 is 1.33 bits per heavy atom. The van der Waals surface area contributed by atoms with E-state index < -0.39 is 11.8 Å². The number of pyridine rings is 1. The SMILES string of the molecule is COc1nccc(-n2ccc3c(C(=O)O)cccc32)c1F. The molecule has 106 valence electrons. The zero-order chi connectivity index (χ0) is 15.0. The van der Waals surface area contributed by atoms with Gasteiger partial charge < -0.3 is 14.4 Å². The topological polar surface area (TPSA) is 64.4 Å². The van der Waals surface area contributed by atoms with Crippen LogP contribution in [0.4, 0.5) is 4.39 Å². The molecule has 1 aromatic carbocycles. The van der Waals surface area contributed by atoms with Gasteiger partial charge in [0.15, 0.2) is 0 Å². The molecule has 0 aliphatic rings. The van der Waals surface area contributed by atoms with E-state index >= 15 is 0 Å². The molecule has 3 rings (SSSR count). The summed E-state index contributed by atoms with van der Waals surface area (Å²) >= 11 is 0. The first kappa shape index (κ1) is 13.1. The predicted molar refractivity (Wildman–Crippen MR) is 74.5 cm³/mol. The highest BCUT2D eigenvalue weighted by molar-refractivity contribution is 6.03. The average Bonchev–Trinajstić information content (AvgIpc) is 2.91. The normalized spacial score (nSPS) is 10.8. The van der Waals surface area contributed by atoms with Crippen molar-refractivity contribution in [1.82, 2.24) is 9.55 Å². The molecular formula is C15H11FN2O3. The third kappa shape index (κ3) is 2.01. The Kier molecular flexibility index (Phi) is 3.06. The number of rotatable bonds is 3. The van der Waals surface area contributed by atoms with Gasteiger partial charge in [-0.15, -0.1) is 0 Å². The zero-order valence-electron chi connectivity index (χ0n) is 11.1. The van der Waals surface area contributed by atoms with Gasteiger partial charge in [-0.3, -0.25) is 0 Å². The van der Waals surface area contributed by atoms with E-state index in [9.17, 15) is 14.3 Å². The number of aromatic carboxylic acids is 1. The quantitative estimate of drug-likeness (QED) is 0.804. The van der Waals surface area contributed by atoms with Gasteiger partial charge in [0, 0.05) is 17.8 Å². The fraction of sp³-hybridized carbons (Fsp3) is 0.0667. The number of carboxylic acid groups (broad SMARTS) is 1. The molecule has 2 heterocycles. The second kappa shape index (κ2) is 4.90. The Hall–Kier alpha value is -2.89. The number of hydrogen-bond acceptors (Lipinski definition) is 3. The third-order valence-electron chi connectivity index (χ3n) is 3.25. The fourth-order valence-electron chi connectivity index (χ4n) is 2.31. The summed E-state index contributed by atoms with van der Waals surface area (Å²) in [6, 6.07) is 8.01. The molecule has 0 bridgehead atoms. The number of ether oxygens (including phenoxy) is 1. The van der Waals surface area contributed by atoms with Gasteiger partial charge in [-0.05, 0) is 24.3 Å². The van der Waals surface area contributed by atoms with Crippen molar-refractivity contribution < 1.29 is 19.0 Å². The predicted octanol–water partition coefficient (Wildman–Crippen LogP) is 2.87. The number of hydrogen-bond donors (Lipinski definition) is 1. The first-order valence-corrected chi connectivity index (χ1v) is 6.15. The van der Waals surface area contributed by atoms with Crippen molar-refractivity contribution >= 4 is 16.9 Å². The summed E-state index contributed by atoms with van der Waals surface area (Å²) in [5.74, 6) is -1.73. The summed E-state index contributed by atoms with van der Waals surface area (Å²) in [6.45, 7) is 0. The van der Waals surface area contributed by atoms with E-state index in [1.807, 2.05) is 0 Å². The standard InChI is InChI=1S/C15H11FN2O3/c1-21-14-13(16)12(5-7-17-14)18-8-6-9-10(15(19)20)3-2-4-11(9)18/h2-8H,1H3,(H,19,20). The van der Waals surface area contributed by atoms with Crippen molar-refractivity contribution in [2.45, 2.75) is 0 Å². The molecule has 3 aromatic rings. The molecule has 0 saturated carbocycles. The summed E-state index contributed by atoms with van der Waals surface area (Å²) in [4.78, 5) is 15.0. The lowest BCUT2D eigenvalue weighted by molar-refractivity contribution is 0.0699. The van der Waals surface area contributed by atoms with E-state index in [1.165, 1.54) is 25.4 Å². The lowest BCUT2D eigenvalue weighted by atomic mass is 10.1. The highest BCUT2D eigenvalue weighted by atomic mass is 19.1. The second-order valence-corrected chi connectivity index (χ2v) is 4.38. The molecule has 0 aliphatic heterocycles. The van der Waals surface area contributed by atoms with Gasteiger partial charge in [0.25, 0.3) is 5.88 Å². The number of nitrogens with zero attached hydrogens (tertiary/aromatic N) is 2. The summed E-state index contributed by atoms with van der Waals surface area (Å²) in [6.07, 6.45) is 3.05. The van der Waals surface area contributed by atoms with Gasteiger partial charge in [0.05, 0.1) is 23.9 Å². The van der Waals surface area contributed by atoms with Crippen LogP contribution >= 0.6 is 0 Å². The van der Waals surface area contributed by atoms with Gasteiger partial charge in [-0.2, -0.15) is 4.39 Å². The molecule has 0 atom stereocenters. The number of carbonyl (C=O) groups is 1. The molecule has 21 heavy (non-hydrogen) atoms. The van der Waals surface area contributed by atoms with Crippen molar-refractivity contribution in [3.05, 3.63) is 54.1 Å². The summed E-state index contributed by atoms with van der Waals surface area (Å²) in [5.41, 5.74) is 1.02. The maximum Gasteiger partial charge on any atom is 0.336 e. The lowest BCUT2D eigenvalue weighted by Crippen LogP contribution is -2.01. The number of benzene rings is 1. The van der Waals surface area contributed by atoms with Crippen molar-refractivity contribution in [2.75, 3.05) is 7.11 Å². The van der Waals surface area contributed by atoms with Crippen LogP contribution in [0.3, 0.4) is 0 Å². The molecule has 0 aliphatic carbocycles. The van der Waals surface area contributed by atoms with E-state index in [1.54, 1.807) is 29.0 Å². The maximum absolute atomic E-state index is 14.3. The summed E-state index contributed by atoms with van der Waals surface area (Å²) < 4.78 is 20.7. The number of halogens is 1. The molecule has 5 nitrogen and oxygen atoms in total.